The van der Waals surface area contributed by atoms with Crippen LogP contribution in [0, 0.1) is 0 Å². The zero-order valence-electron chi connectivity index (χ0n) is 15.5. The number of aliphatic hydroxyl groups excluding tert-OH is 1. The second-order valence-electron chi connectivity index (χ2n) is 6.72. The maximum Gasteiger partial charge on any atom is 0.164 e. The van der Waals surface area contributed by atoms with Crippen molar-refractivity contribution in [1.29, 1.82) is 0 Å². The Morgan fingerprint density at radius 2 is 1.96 bits per heavy atom. The normalized spacial score (nSPS) is 11.1. The van der Waals surface area contributed by atoms with E-state index in [1.54, 1.807) is 18.5 Å². The molecule has 0 aromatic carbocycles. The lowest BCUT2D eigenvalue weighted by molar-refractivity contribution is 0.0977. The third-order valence-electron chi connectivity index (χ3n) is 4.27. The van der Waals surface area contributed by atoms with Crippen LogP contribution < -0.4 is 5.32 Å². The number of carbonyl (C=O) groups excluding carboxylic acids is 1. The van der Waals surface area contributed by atoms with Crippen molar-refractivity contribution in [2.45, 2.75) is 39.0 Å². The van der Waals surface area contributed by atoms with Crippen molar-refractivity contribution in [2.24, 2.45) is 0 Å². The second kappa shape index (κ2) is 8.64. The molecule has 3 aromatic rings. The number of carbonyl (C=O) groups is 1. The van der Waals surface area contributed by atoms with Gasteiger partial charge in [0.05, 0.1) is 17.2 Å². The van der Waals surface area contributed by atoms with Crippen LogP contribution in [0.3, 0.4) is 0 Å². The van der Waals surface area contributed by atoms with E-state index in [0.717, 1.165) is 11.1 Å². The summed E-state index contributed by atoms with van der Waals surface area (Å²) in [4.78, 5) is 21.1. The minimum atomic E-state index is 0.00788. The van der Waals surface area contributed by atoms with Crippen molar-refractivity contribution in [3.8, 4) is 0 Å². The fourth-order valence-electron chi connectivity index (χ4n) is 2.66. The minimum absolute atomic E-state index is 0.00788. The van der Waals surface area contributed by atoms with E-state index in [-0.39, 0.29) is 12.4 Å². The molecule has 0 aliphatic rings. The zero-order chi connectivity index (χ0) is 19.2. The molecule has 0 unspecified atom stereocenters. The van der Waals surface area contributed by atoms with E-state index >= 15 is 0 Å². The molecule has 0 atom stereocenters. The highest BCUT2D eigenvalue weighted by Crippen LogP contribution is 2.20. The topological polar surface area (TPSA) is 101 Å². The van der Waals surface area contributed by atoms with E-state index in [0.29, 0.717) is 47.9 Å². The lowest BCUT2D eigenvalue weighted by Crippen LogP contribution is -2.02. The van der Waals surface area contributed by atoms with Gasteiger partial charge in [0.25, 0.3) is 0 Å². The Kier molecular flexibility index (Phi) is 6.03. The van der Waals surface area contributed by atoms with Gasteiger partial charge in [0.1, 0.15) is 5.82 Å². The predicted molar refractivity (Wildman–Crippen MR) is 104 cm³/mol. The van der Waals surface area contributed by atoms with E-state index in [4.69, 9.17) is 5.11 Å². The van der Waals surface area contributed by atoms with Crippen molar-refractivity contribution in [3.05, 3.63) is 47.8 Å². The molecule has 0 amide bonds. The van der Waals surface area contributed by atoms with E-state index in [2.05, 4.69) is 39.3 Å². The quantitative estimate of drug-likeness (QED) is 0.464. The van der Waals surface area contributed by atoms with E-state index in [9.17, 15) is 4.79 Å². The Morgan fingerprint density at radius 3 is 2.74 bits per heavy atom. The molecule has 7 nitrogen and oxygen atoms in total. The SMILES string of the molecule is CC(C)c1cnnc(Nc2ccc3ncc(C(=O)CCCCO)cc3n2)c1. The molecule has 3 rings (SSSR count). The summed E-state index contributed by atoms with van der Waals surface area (Å²) >= 11 is 0. The summed E-state index contributed by atoms with van der Waals surface area (Å²) in [5, 5.41) is 20.1. The summed E-state index contributed by atoms with van der Waals surface area (Å²) < 4.78 is 0. The summed E-state index contributed by atoms with van der Waals surface area (Å²) in [6.07, 6.45) is 5.00. The Bertz CT molecular complexity index is 943. The molecule has 140 valence electrons. The first-order valence-electron chi connectivity index (χ1n) is 9.07. The number of hydrogen-bond donors (Lipinski definition) is 2. The van der Waals surface area contributed by atoms with Crippen LogP contribution in [0.1, 0.15) is 54.9 Å². The summed E-state index contributed by atoms with van der Waals surface area (Å²) in [5.74, 6) is 1.60. The zero-order valence-corrected chi connectivity index (χ0v) is 15.5. The highest BCUT2D eigenvalue weighted by molar-refractivity contribution is 5.98. The van der Waals surface area contributed by atoms with Crippen molar-refractivity contribution in [2.75, 3.05) is 11.9 Å². The molecule has 3 aromatic heterocycles. The Balaban J connectivity index is 1.81. The van der Waals surface area contributed by atoms with Crippen LogP contribution in [0.25, 0.3) is 11.0 Å². The molecule has 0 saturated carbocycles. The number of Topliss-reactive ketones (excluding diaryl/α,β-unsaturated/α-hetero) is 1. The molecule has 0 aliphatic heterocycles. The van der Waals surface area contributed by atoms with E-state index in [1.807, 2.05) is 18.2 Å². The number of pyridine rings is 2. The van der Waals surface area contributed by atoms with Crippen LogP contribution in [-0.4, -0.2) is 37.7 Å². The van der Waals surface area contributed by atoms with E-state index in [1.165, 1.54) is 0 Å². The van der Waals surface area contributed by atoms with Gasteiger partial charge in [0.2, 0.25) is 0 Å². The molecule has 27 heavy (non-hydrogen) atoms. The second-order valence-corrected chi connectivity index (χ2v) is 6.72. The molecule has 3 heterocycles. The number of hydrogen-bond acceptors (Lipinski definition) is 7. The van der Waals surface area contributed by atoms with Crippen molar-refractivity contribution < 1.29 is 9.90 Å². The van der Waals surface area contributed by atoms with Gasteiger partial charge in [-0.15, -0.1) is 5.10 Å². The number of ketones is 1. The van der Waals surface area contributed by atoms with Crippen LogP contribution in [0.5, 0.6) is 0 Å². The molecule has 0 fully saturated rings. The third kappa shape index (κ3) is 4.83. The lowest BCUT2D eigenvalue weighted by Gasteiger charge is -2.09. The number of aromatic nitrogens is 4. The molecule has 2 N–H and O–H groups in total. The summed E-state index contributed by atoms with van der Waals surface area (Å²) in [7, 11) is 0. The van der Waals surface area contributed by atoms with Gasteiger partial charge in [-0.2, -0.15) is 5.10 Å². The molecule has 0 radical (unpaired) electrons. The average Bonchev–Trinajstić information content (AvgIpc) is 2.67. The van der Waals surface area contributed by atoms with Gasteiger partial charge >= 0.3 is 0 Å². The van der Waals surface area contributed by atoms with Gasteiger partial charge in [-0.3, -0.25) is 9.78 Å². The van der Waals surface area contributed by atoms with Crippen LogP contribution >= 0.6 is 0 Å². The number of nitrogens with one attached hydrogen (secondary N) is 1. The Labute approximate surface area is 157 Å². The average molecular weight is 365 g/mol. The highest BCUT2D eigenvalue weighted by atomic mass is 16.2. The summed E-state index contributed by atoms with van der Waals surface area (Å²) in [6.45, 7) is 4.29. The van der Waals surface area contributed by atoms with Gasteiger partial charge in [0, 0.05) is 24.8 Å². The predicted octanol–water partition coefficient (Wildman–Crippen LogP) is 3.63. The number of nitrogens with zero attached hydrogens (tertiary/aromatic N) is 4. The molecule has 0 spiro atoms. The first-order valence-corrected chi connectivity index (χ1v) is 9.07. The fraction of sp³-hybridized carbons (Fsp3) is 0.350. The van der Waals surface area contributed by atoms with Gasteiger partial charge < -0.3 is 10.4 Å². The monoisotopic (exact) mass is 365 g/mol. The van der Waals surface area contributed by atoms with Crippen LogP contribution in [0.2, 0.25) is 0 Å². The van der Waals surface area contributed by atoms with Gasteiger partial charge in [-0.05, 0) is 48.6 Å². The number of aliphatic hydroxyl groups is 1. The first-order chi connectivity index (χ1) is 13.1. The molecular weight excluding hydrogens is 342 g/mol. The first kappa shape index (κ1) is 18.8. The molecule has 0 bridgehead atoms. The van der Waals surface area contributed by atoms with E-state index < -0.39 is 0 Å². The Morgan fingerprint density at radius 1 is 1.11 bits per heavy atom. The number of anilines is 2. The fourth-order valence-corrected chi connectivity index (χ4v) is 2.66. The summed E-state index contributed by atoms with van der Waals surface area (Å²) in [6, 6.07) is 7.38. The maximum atomic E-state index is 12.3. The van der Waals surface area contributed by atoms with Crippen LogP contribution in [-0.2, 0) is 0 Å². The molecule has 0 aliphatic carbocycles. The van der Waals surface area contributed by atoms with Gasteiger partial charge in [-0.1, -0.05) is 13.8 Å². The van der Waals surface area contributed by atoms with Crippen molar-refractivity contribution in [3.63, 3.8) is 0 Å². The Hall–Kier alpha value is -2.93. The lowest BCUT2D eigenvalue weighted by atomic mass is 10.1. The van der Waals surface area contributed by atoms with Crippen LogP contribution in [0.4, 0.5) is 11.6 Å². The smallest absolute Gasteiger partial charge is 0.164 e. The number of unbranched alkanes of at least 4 members (excludes halogenated alkanes) is 1. The highest BCUT2D eigenvalue weighted by Gasteiger charge is 2.09. The standard InChI is InChI=1S/C20H23N5O2/c1-13(2)14-10-20(25-22-12-14)24-19-7-6-16-17(23-19)9-15(11-21-16)18(27)5-3-4-8-26/h6-7,9-13,26H,3-5,8H2,1-2H3,(H,23,24,25). The summed E-state index contributed by atoms with van der Waals surface area (Å²) in [5.41, 5.74) is 2.98. The minimum Gasteiger partial charge on any atom is -0.396 e. The van der Waals surface area contributed by atoms with Crippen molar-refractivity contribution >= 4 is 28.5 Å². The van der Waals surface area contributed by atoms with Crippen LogP contribution in [0.15, 0.2) is 36.7 Å². The molecular formula is C20H23N5O2. The van der Waals surface area contributed by atoms with Crippen molar-refractivity contribution in [1.82, 2.24) is 20.2 Å². The number of fused-ring (bicyclic) bond motifs is 1. The van der Waals surface area contributed by atoms with Gasteiger partial charge in [-0.25, -0.2) is 4.98 Å². The van der Waals surface area contributed by atoms with Gasteiger partial charge in [0.15, 0.2) is 11.6 Å². The molecule has 7 heteroatoms. The third-order valence-corrected chi connectivity index (χ3v) is 4.27. The molecule has 0 saturated heterocycles. The largest absolute Gasteiger partial charge is 0.396 e. The number of rotatable bonds is 8. The maximum absolute atomic E-state index is 12.3.